The highest BCUT2D eigenvalue weighted by Crippen LogP contribution is 2.40. The van der Waals surface area contributed by atoms with Crippen molar-refractivity contribution >= 4 is 11.6 Å². The fraction of sp³-hybridized carbons (Fsp3) is 0.333. The highest BCUT2D eigenvalue weighted by atomic mass is 35.5. The molecule has 0 spiro atoms. The Bertz CT molecular complexity index is 648. The van der Waals surface area contributed by atoms with E-state index in [9.17, 15) is 5.11 Å². The zero-order chi connectivity index (χ0) is 14.3. The van der Waals surface area contributed by atoms with Crippen molar-refractivity contribution in [2.75, 3.05) is 13.2 Å². The number of benzene rings is 1. The Morgan fingerprint density at radius 1 is 1.05 bits per heavy atom. The van der Waals surface area contributed by atoms with Crippen LogP contribution in [0.15, 0.2) is 22.6 Å². The highest BCUT2D eigenvalue weighted by Gasteiger charge is 2.23. The summed E-state index contributed by atoms with van der Waals surface area (Å²) >= 11 is 6.24. The monoisotopic (exact) mass is 294 g/mol. The number of halogens is 1. The summed E-state index contributed by atoms with van der Waals surface area (Å²) < 4.78 is 16.4. The van der Waals surface area contributed by atoms with Crippen LogP contribution in [0.25, 0.3) is 0 Å². The van der Waals surface area contributed by atoms with Gasteiger partial charge in [-0.15, -0.1) is 0 Å². The summed E-state index contributed by atoms with van der Waals surface area (Å²) in [5.41, 5.74) is 1.29. The maximum atomic E-state index is 10.5. The van der Waals surface area contributed by atoms with E-state index in [2.05, 4.69) is 0 Å². The van der Waals surface area contributed by atoms with E-state index in [4.69, 9.17) is 25.5 Å². The molecule has 1 N–H and O–H groups in total. The van der Waals surface area contributed by atoms with E-state index in [-0.39, 0.29) is 0 Å². The molecule has 0 saturated heterocycles. The Morgan fingerprint density at radius 2 is 1.70 bits per heavy atom. The lowest BCUT2D eigenvalue weighted by Crippen LogP contribution is -2.16. The molecule has 1 aliphatic rings. The van der Waals surface area contributed by atoms with Gasteiger partial charge in [-0.05, 0) is 26.0 Å². The maximum absolute atomic E-state index is 10.5. The van der Waals surface area contributed by atoms with Crippen LogP contribution in [0.4, 0.5) is 0 Å². The summed E-state index contributed by atoms with van der Waals surface area (Å²) in [4.78, 5) is 0. The molecule has 5 heteroatoms. The van der Waals surface area contributed by atoms with E-state index in [0.29, 0.717) is 46.6 Å². The van der Waals surface area contributed by atoms with Crippen LogP contribution in [0.3, 0.4) is 0 Å². The lowest BCUT2D eigenvalue weighted by molar-refractivity contribution is 0.169. The average Bonchev–Trinajstić information content (AvgIpc) is 2.76. The zero-order valence-corrected chi connectivity index (χ0v) is 12.0. The quantitative estimate of drug-likeness (QED) is 0.922. The third-order valence-corrected chi connectivity index (χ3v) is 3.66. The van der Waals surface area contributed by atoms with Crippen molar-refractivity contribution in [1.82, 2.24) is 0 Å². The van der Waals surface area contributed by atoms with Crippen LogP contribution in [0.1, 0.15) is 28.8 Å². The van der Waals surface area contributed by atoms with E-state index in [1.165, 1.54) is 0 Å². The van der Waals surface area contributed by atoms with Gasteiger partial charge in [-0.1, -0.05) is 11.6 Å². The Hall–Kier alpha value is -1.65. The van der Waals surface area contributed by atoms with Gasteiger partial charge in [-0.3, -0.25) is 0 Å². The van der Waals surface area contributed by atoms with Crippen LogP contribution in [0, 0.1) is 13.8 Å². The van der Waals surface area contributed by atoms with Gasteiger partial charge in [0, 0.05) is 17.2 Å². The standard InChI is InChI=1S/C15H15ClO4/c1-8-5-10(9(2)20-8)15(17)11-6-13-14(7-12(11)16)19-4-3-18-13/h5-7,15,17H,3-4H2,1-2H3. The van der Waals surface area contributed by atoms with Crippen molar-refractivity contribution in [3.8, 4) is 11.5 Å². The molecular formula is C15H15ClO4. The van der Waals surface area contributed by atoms with E-state index in [0.717, 1.165) is 5.76 Å². The summed E-state index contributed by atoms with van der Waals surface area (Å²) in [6.45, 7) is 4.66. The molecule has 0 amide bonds. The Morgan fingerprint density at radius 3 is 2.30 bits per heavy atom. The number of aliphatic hydroxyl groups is 1. The van der Waals surface area contributed by atoms with Crippen LogP contribution in [-0.4, -0.2) is 18.3 Å². The SMILES string of the molecule is Cc1cc(C(O)c2cc3c(cc2Cl)OCCO3)c(C)o1. The molecule has 0 saturated carbocycles. The predicted octanol–water partition coefficient (Wildman–Crippen LogP) is 3.40. The third-order valence-electron chi connectivity index (χ3n) is 3.33. The second kappa shape index (κ2) is 5.04. The van der Waals surface area contributed by atoms with Gasteiger partial charge in [0.25, 0.3) is 0 Å². The molecule has 1 aromatic carbocycles. The first-order chi connectivity index (χ1) is 9.56. The number of aliphatic hydroxyl groups excluding tert-OH is 1. The fourth-order valence-corrected chi connectivity index (χ4v) is 2.64. The van der Waals surface area contributed by atoms with Crippen molar-refractivity contribution in [1.29, 1.82) is 0 Å². The number of hydrogen-bond donors (Lipinski definition) is 1. The molecule has 2 heterocycles. The topological polar surface area (TPSA) is 51.8 Å². The van der Waals surface area contributed by atoms with Gasteiger partial charge >= 0.3 is 0 Å². The van der Waals surface area contributed by atoms with Gasteiger partial charge in [-0.2, -0.15) is 0 Å². The van der Waals surface area contributed by atoms with Crippen LogP contribution >= 0.6 is 11.6 Å². The van der Waals surface area contributed by atoms with Gasteiger partial charge in [0.05, 0.1) is 5.02 Å². The van der Waals surface area contributed by atoms with Crippen LogP contribution < -0.4 is 9.47 Å². The molecule has 1 unspecified atom stereocenters. The van der Waals surface area contributed by atoms with Gasteiger partial charge < -0.3 is 19.0 Å². The van der Waals surface area contributed by atoms with E-state index >= 15 is 0 Å². The molecule has 1 aliphatic heterocycles. The highest BCUT2D eigenvalue weighted by molar-refractivity contribution is 6.31. The predicted molar refractivity (Wildman–Crippen MR) is 74.7 cm³/mol. The molecule has 2 aromatic rings. The van der Waals surface area contributed by atoms with E-state index in [1.807, 2.05) is 19.9 Å². The fourth-order valence-electron chi connectivity index (χ4n) is 2.38. The molecule has 0 aliphatic carbocycles. The normalized spacial score (nSPS) is 15.2. The Kier molecular flexibility index (Phi) is 3.36. The van der Waals surface area contributed by atoms with Gasteiger partial charge in [-0.25, -0.2) is 0 Å². The van der Waals surface area contributed by atoms with Crippen molar-refractivity contribution in [2.24, 2.45) is 0 Å². The first-order valence-electron chi connectivity index (χ1n) is 6.40. The maximum Gasteiger partial charge on any atom is 0.162 e. The Balaban J connectivity index is 2.03. The lowest BCUT2D eigenvalue weighted by atomic mass is 10.0. The summed E-state index contributed by atoms with van der Waals surface area (Å²) in [5, 5.41) is 11.0. The Labute approximate surface area is 121 Å². The average molecular weight is 295 g/mol. The number of furan rings is 1. The molecule has 0 fully saturated rings. The van der Waals surface area contributed by atoms with Crippen LogP contribution in [-0.2, 0) is 0 Å². The number of aryl methyl sites for hydroxylation is 2. The zero-order valence-electron chi connectivity index (χ0n) is 11.3. The summed E-state index contributed by atoms with van der Waals surface area (Å²) in [6, 6.07) is 5.22. The molecule has 20 heavy (non-hydrogen) atoms. The molecule has 106 valence electrons. The smallest absolute Gasteiger partial charge is 0.162 e. The molecular weight excluding hydrogens is 280 g/mol. The second-order valence-corrected chi connectivity index (χ2v) is 5.20. The molecule has 0 bridgehead atoms. The third kappa shape index (κ3) is 2.25. The largest absolute Gasteiger partial charge is 0.486 e. The number of fused-ring (bicyclic) bond motifs is 1. The molecule has 0 radical (unpaired) electrons. The summed E-state index contributed by atoms with van der Waals surface area (Å²) in [5.74, 6) is 2.65. The van der Waals surface area contributed by atoms with E-state index in [1.54, 1.807) is 12.1 Å². The minimum absolute atomic E-state index is 0.444. The number of rotatable bonds is 2. The van der Waals surface area contributed by atoms with Gasteiger partial charge in [0.2, 0.25) is 0 Å². The molecule has 4 nitrogen and oxygen atoms in total. The van der Waals surface area contributed by atoms with Gasteiger partial charge in [0.15, 0.2) is 11.5 Å². The van der Waals surface area contributed by atoms with Crippen molar-refractivity contribution < 1.29 is 19.0 Å². The van der Waals surface area contributed by atoms with Crippen molar-refractivity contribution in [3.63, 3.8) is 0 Å². The van der Waals surface area contributed by atoms with E-state index < -0.39 is 6.10 Å². The summed E-state index contributed by atoms with van der Waals surface area (Å²) in [6.07, 6.45) is -0.851. The second-order valence-electron chi connectivity index (χ2n) is 4.79. The molecule has 3 rings (SSSR count). The minimum Gasteiger partial charge on any atom is -0.486 e. The first-order valence-corrected chi connectivity index (χ1v) is 6.78. The van der Waals surface area contributed by atoms with Crippen molar-refractivity contribution in [2.45, 2.75) is 20.0 Å². The van der Waals surface area contributed by atoms with Crippen LogP contribution in [0.5, 0.6) is 11.5 Å². The number of ether oxygens (including phenoxy) is 2. The number of hydrogen-bond acceptors (Lipinski definition) is 4. The summed E-state index contributed by atoms with van der Waals surface area (Å²) in [7, 11) is 0. The lowest BCUT2D eigenvalue weighted by Gasteiger charge is -2.21. The molecule has 1 aromatic heterocycles. The minimum atomic E-state index is -0.851. The van der Waals surface area contributed by atoms with Crippen molar-refractivity contribution in [3.05, 3.63) is 45.9 Å². The van der Waals surface area contributed by atoms with Crippen LogP contribution in [0.2, 0.25) is 5.02 Å². The molecule has 1 atom stereocenters. The van der Waals surface area contributed by atoms with Gasteiger partial charge in [0.1, 0.15) is 30.8 Å². The first kappa shape index (κ1) is 13.3.